The molecule has 162 valence electrons. The number of ether oxygens (including phenoxy) is 1. The number of fused-ring (bicyclic) bond motifs is 1. The normalized spacial score (nSPS) is 21.6. The predicted octanol–water partition coefficient (Wildman–Crippen LogP) is 3.90. The number of aromatic nitrogens is 2. The zero-order valence-corrected chi connectivity index (χ0v) is 18.3. The summed E-state index contributed by atoms with van der Waals surface area (Å²) in [5, 5.41) is 9.91. The van der Waals surface area contributed by atoms with Gasteiger partial charge in [-0.3, -0.25) is 9.48 Å². The van der Waals surface area contributed by atoms with Crippen LogP contribution in [0.1, 0.15) is 44.7 Å². The van der Waals surface area contributed by atoms with Crippen LogP contribution in [0.5, 0.6) is 0 Å². The summed E-state index contributed by atoms with van der Waals surface area (Å²) in [4.78, 5) is 27.7. The van der Waals surface area contributed by atoms with Crippen molar-refractivity contribution in [3.05, 3.63) is 29.3 Å². The quantitative estimate of drug-likeness (QED) is 0.730. The molecular weight excluding hydrogens is 400 g/mol. The van der Waals surface area contributed by atoms with Crippen molar-refractivity contribution in [1.82, 2.24) is 20.0 Å². The van der Waals surface area contributed by atoms with Gasteiger partial charge in [0.1, 0.15) is 5.69 Å². The Morgan fingerprint density at radius 3 is 2.83 bits per heavy atom. The van der Waals surface area contributed by atoms with Gasteiger partial charge in [-0.25, -0.2) is 4.79 Å². The van der Waals surface area contributed by atoms with E-state index < -0.39 is 0 Å². The van der Waals surface area contributed by atoms with Gasteiger partial charge in [-0.1, -0.05) is 6.07 Å². The fourth-order valence-electron chi connectivity index (χ4n) is 4.39. The number of thiophene rings is 1. The summed E-state index contributed by atoms with van der Waals surface area (Å²) in [6.45, 7) is 5.11. The number of hydrogen-bond acceptors (Lipinski definition) is 5. The summed E-state index contributed by atoms with van der Waals surface area (Å²) < 4.78 is 7.18. The molecule has 0 aromatic carbocycles. The molecular formula is C22H30N4O3S. The van der Waals surface area contributed by atoms with E-state index in [0.29, 0.717) is 25.6 Å². The molecule has 2 amide bonds. The van der Waals surface area contributed by atoms with E-state index in [1.165, 1.54) is 0 Å². The molecule has 2 aliphatic rings. The molecule has 3 heterocycles. The summed E-state index contributed by atoms with van der Waals surface area (Å²) in [5.74, 6) is 0.394. The third kappa shape index (κ3) is 4.86. The van der Waals surface area contributed by atoms with E-state index in [9.17, 15) is 9.59 Å². The summed E-state index contributed by atoms with van der Waals surface area (Å²) in [7, 11) is 0. The van der Waals surface area contributed by atoms with E-state index in [1.54, 1.807) is 11.3 Å². The Labute approximate surface area is 181 Å². The second-order valence-electron chi connectivity index (χ2n) is 8.15. The number of nitrogens with zero attached hydrogens (tertiary/aromatic N) is 3. The minimum Gasteiger partial charge on any atom is -0.466 e. The minimum absolute atomic E-state index is 0.00478. The number of urea groups is 1. The highest BCUT2D eigenvalue weighted by atomic mass is 32.1. The van der Waals surface area contributed by atoms with Gasteiger partial charge in [0.15, 0.2) is 0 Å². The number of nitrogens with one attached hydrogen (secondary N) is 1. The first-order chi connectivity index (χ1) is 14.6. The molecule has 0 bridgehead atoms. The fraction of sp³-hybridized carbons (Fsp3) is 0.591. The lowest BCUT2D eigenvalue weighted by Gasteiger charge is -2.28. The molecule has 4 rings (SSSR count). The SMILES string of the molecule is CCOC(=O)C1CCC(CNC(=O)N2CCCn3nc(-c4cccs4)cc3C2)CC1. The molecule has 2 aromatic heterocycles. The van der Waals surface area contributed by atoms with Crippen molar-refractivity contribution in [1.29, 1.82) is 0 Å². The summed E-state index contributed by atoms with van der Waals surface area (Å²) in [5.41, 5.74) is 2.07. The first kappa shape index (κ1) is 20.9. The molecule has 30 heavy (non-hydrogen) atoms. The van der Waals surface area contributed by atoms with Crippen LogP contribution in [0.2, 0.25) is 0 Å². The molecule has 1 aliphatic heterocycles. The van der Waals surface area contributed by atoms with Crippen LogP contribution in [0, 0.1) is 11.8 Å². The maximum Gasteiger partial charge on any atom is 0.317 e. The van der Waals surface area contributed by atoms with Gasteiger partial charge in [-0.05, 0) is 62.5 Å². The van der Waals surface area contributed by atoms with Crippen molar-refractivity contribution in [2.75, 3.05) is 19.7 Å². The van der Waals surface area contributed by atoms with Crippen molar-refractivity contribution in [2.45, 2.75) is 52.1 Å². The van der Waals surface area contributed by atoms with Gasteiger partial charge < -0.3 is 15.0 Å². The van der Waals surface area contributed by atoms with E-state index in [0.717, 1.165) is 61.5 Å². The molecule has 0 radical (unpaired) electrons. The van der Waals surface area contributed by atoms with E-state index in [1.807, 2.05) is 22.6 Å². The zero-order valence-electron chi connectivity index (χ0n) is 17.5. The topological polar surface area (TPSA) is 76.5 Å². The highest BCUT2D eigenvalue weighted by Crippen LogP contribution is 2.29. The Bertz CT molecular complexity index is 856. The Morgan fingerprint density at radius 1 is 1.27 bits per heavy atom. The Balaban J connectivity index is 1.28. The Hall–Kier alpha value is -2.35. The van der Waals surface area contributed by atoms with Crippen molar-refractivity contribution in [2.24, 2.45) is 11.8 Å². The van der Waals surface area contributed by atoms with E-state index in [4.69, 9.17) is 9.84 Å². The third-order valence-corrected chi connectivity index (χ3v) is 6.98. The first-order valence-electron chi connectivity index (χ1n) is 10.9. The van der Waals surface area contributed by atoms with Crippen LogP contribution in [-0.2, 0) is 22.6 Å². The van der Waals surface area contributed by atoms with E-state index >= 15 is 0 Å². The van der Waals surface area contributed by atoms with Crippen LogP contribution in [-0.4, -0.2) is 46.4 Å². The van der Waals surface area contributed by atoms with E-state index in [2.05, 4.69) is 22.8 Å². The van der Waals surface area contributed by atoms with Gasteiger partial charge in [0.2, 0.25) is 0 Å². The summed E-state index contributed by atoms with van der Waals surface area (Å²) in [6.07, 6.45) is 4.53. The number of carbonyl (C=O) groups excluding carboxylic acids is 2. The molecule has 7 nitrogen and oxygen atoms in total. The number of esters is 1. The van der Waals surface area contributed by atoms with Crippen LogP contribution < -0.4 is 5.32 Å². The molecule has 0 saturated heterocycles. The smallest absolute Gasteiger partial charge is 0.317 e. The Kier molecular flexibility index (Phi) is 6.72. The minimum atomic E-state index is -0.0666. The largest absolute Gasteiger partial charge is 0.466 e. The fourth-order valence-corrected chi connectivity index (χ4v) is 5.07. The number of hydrogen-bond donors (Lipinski definition) is 1. The molecule has 1 N–H and O–H groups in total. The Morgan fingerprint density at radius 2 is 2.10 bits per heavy atom. The highest BCUT2D eigenvalue weighted by Gasteiger charge is 2.28. The maximum absolute atomic E-state index is 12.8. The standard InChI is InChI=1S/C22H30N4O3S/c1-2-29-21(27)17-8-6-16(7-9-17)14-23-22(28)25-10-4-11-26-18(15-25)13-19(24-26)20-5-3-12-30-20/h3,5,12-13,16-17H,2,4,6-11,14-15H2,1H3,(H,23,28). The van der Waals surface area contributed by atoms with Crippen LogP contribution >= 0.6 is 11.3 Å². The van der Waals surface area contributed by atoms with Crippen molar-refractivity contribution < 1.29 is 14.3 Å². The number of carbonyl (C=O) groups is 2. The van der Waals surface area contributed by atoms with Gasteiger partial charge in [-0.2, -0.15) is 5.10 Å². The van der Waals surface area contributed by atoms with Gasteiger partial charge in [0, 0.05) is 19.6 Å². The monoisotopic (exact) mass is 430 g/mol. The van der Waals surface area contributed by atoms with Crippen molar-refractivity contribution >= 4 is 23.3 Å². The molecule has 1 saturated carbocycles. The summed E-state index contributed by atoms with van der Waals surface area (Å²) in [6, 6.07) is 6.21. The predicted molar refractivity (Wildman–Crippen MR) is 116 cm³/mol. The van der Waals surface area contributed by atoms with Crippen molar-refractivity contribution in [3.8, 4) is 10.6 Å². The lowest BCUT2D eigenvalue weighted by atomic mass is 9.82. The number of rotatable bonds is 5. The molecule has 1 fully saturated rings. The maximum atomic E-state index is 12.8. The zero-order chi connectivity index (χ0) is 20.9. The van der Waals surface area contributed by atoms with Gasteiger partial charge >= 0.3 is 12.0 Å². The number of aryl methyl sites for hydroxylation is 1. The molecule has 0 unspecified atom stereocenters. The first-order valence-corrected chi connectivity index (χ1v) is 11.8. The number of amides is 2. The average Bonchev–Trinajstić information content (AvgIpc) is 3.38. The van der Waals surface area contributed by atoms with Crippen LogP contribution in [0.15, 0.2) is 23.6 Å². The summed E-state index contributed by atoms with van der Waals surface area (Å²) >= 11 is 1.68. The molecule has 8 heteroatoms. The lowest BCUT2D eigenvalue weighted by Crippen LogP contribution is -2.42. The second-order valence-corrected chi connectivity index (χ2v) is 9.10. The van der Waals surface area contributed by atoms with Crippen LogP contribution in [0.4, 0.5) is 4.79 Å². The average molecular weight is 431 g/mol. The molecule has 0 atom stereocenters. The van der Waals surface area contributed by atoms with Crippen LogP contribution in [0.25, 0.3) is 10.6 Å². The highest BCUT2D eigenvalue weighted by molar-refractivity contribution is 7.13. The van der Waals surface area contributed by atoms with Gasteiger partial charge in [0.05, 0.1) is 29.6 Å². The van der Waals surface area contributed by atoms with Gasteiger partial charge in [-0.15, -0.1) is 11.3 Å². The van der Waals surface area contributed by atoms with Crippen molar-refractivity contribution in [3.63, 3.8) is 0 Å². The molecule has 2 aromatic rings. The van der Waals surface area contributed by atoms with Crippen LogP contribution in [0.3, 0.4) is 0 Å². The second kappa shape index (κ2) is 9.64. The lowest BCUT2D eigenvalue weighted by molar-refractivity contribution is -0.149. The van der Waals surface area contributed by atoms with Gasteiger partial charge in [0.25, 0.3) is 0 Å². The third-order valence-electron chi connectivity index (χ3n) is 6.08. The molecule has 1 aliphatic carbocycles. The van der Waals surface area contributed by atoms with E-state index in [-0.39, 0.29) is 17.9 Å². The molecule has 0 spiro atoms.